The van der Waals surface area contributed by atoms with Gasteiger partial charge in [0.2, 0.25) is 5.91 Å². The lowest BCUT2D eigenvalue weighted by Crippen LogP contribution is -2.46. The summed E-state index contributed by atoms with van der Waals surface area (Å²) in [4.78, 5) is 24.0. The molecule has 1 amide bonds. The Morgan fingerprint density at radius 3 is 2.73 bits per heavy atom. The van der Waals surface area contributed by atoms with Crippen molar-refractivity contribution < 1.29 is 14.3 Å². The van der Waals surface area contributed by atoms with E-state index in [-0.39, 0.29) is 11.9 Å². The van der Waals surface area contributed by atoms with Gasteiger partial charge in [0.25, 0.3) is 0 Å². The third kappa shape index (κ3) is 4.40. The maximum atomic E-state index is 11.5. The van der Waals surface area contributed by atoms with Gasteiger partial charge in [-0.1, -0.05) is 6.92 Å². The average molecular weight is 214 g/mol. The van der Waals surface area contributed by atoms with Crippen LogP contribution in [0.5, 0.6) is 0 Å². The molecule has 1 atom stereocenters. The monoisotopic (exact) mass is 214 g/mol. The molecule has 0 radical (unpaired) electrons. The summed E-state index contributed by atoms with van der Waals surface area (Å²) in [7, 11) is 0. The minimum absolute atomic E-state index is 0.0872. The highest BCUT2D eigenvalue weighted by atomic mass is 16.5. The van der Waals surface area contributed by atoms with Gasteiger partial charge in [0.05, 0.1) is 25.8 Å². The molecule has 1 saturated heterocycles. The van der Waals surface area contributed by atoms with Crippen molar-refractivity contribution in [2.45, 2.75) is 19.4 Å². The van der Waals surface area contributed by atoms with Gasteiger partial charge in [0.15, 0.2) is 0 Å². The molecule has 5 nitrogen and oxygen atoms in total. The number of morpholine rings is 1. The lowest BCUT2D eigenvalue weighted by molar-refractivity contribution is -0.125. The highest BCUT2D eigenvalue weighted by molar-refractivity contribution is 5.81. The lowest BCUT2D eigenvalue weighted by atomic mass is 10.2. The van der Waals surface area contributed by atoms with Crippen molar-refractivity contribution in [2.75, 3.05) is 32.8 Å². The van der Waals surface area contributed by atoms with Crippen LogP contribution in [0.4, 0.5) is 0 Å². The molecular weight excluding hydrogens is 196 g/mol. The molecule has 1 aliphatic rings. The van der Waals surface area contributed by atoms with Crippen LogP contribution < -0.4 is 5.32 Å². The molecule has 1 N–H and O–H groups in total. The van der Waals surface area contributed by atoms with Crippen LogP contribution in [-0.4, -0.2) is 56.0 Å². The van der Waals surface area contributed by atoms with E-state index in [1.54, 1.807) is 0 Å². The first kappa shape index (κ1) is 12.1. The molecule has 0 spiro atoms. The first-order chi connectivity index (χ1) is 7.26. The van der Waals surface area contributed by atoms with Gasteiger partial charge in [-0.05, 0) is 6.42 Å². The highest BCUT2D eigenvalue weighted by Gasteiger charge is 2.15. The molecule has 0 aromatic heterocycles. The van der Waals surface area contributed by atoms with Crippen molar-refractivity contribution in [3.05, 3.63) is 0 Å². The van der Waals surface area contributed by atoms with Crippen LogP contribution in [0.3, 0.4) is 0 Å². The van der Waals surface area contributed by atoms with E-state index in [0.29, 0.717) is 26.2 Å². The largest absolute Gasteiger partial charge is 0.379 e. The van der Waals surface area contributed by atoms with Gasteiger partial charge in [0.1, 0.15) is 6.29 Å². The molecule has 1 fully saturated rings. The number of nitrogens with zero attached hydrogens (tertiary/aromatic N) is 1. The number of ether oxygens (including phenoxy) is 1. The van der Waals surface area contributed by atoms with Crippen LogP contribution in [-0.2, 0) is 14.3 Å². The summed E-state index contributed by atoms with van der Waals surface area (Å²) in [6, 6.07) is -0.349. The van der Waals surface area contributed by atoms with Crippen LogP contribution in [0.1, 0.15) is 13.3 Å². The molecule has 0 aliphatic carbocycles. The van der Waals surface area contributed by atoms with E-state index in [1.165, 1.54) is 0 Å². The number of rotatable bonds is 5. The van der Waals surface area contributed by atoms with Crippen molar-refractivity contribution in [3.63, 3.8) is 0 Å². The van der Waals surface area contributed by atoms with Gasteiger partial charge < -0.3 is 14.8 Å². The summed E-state index contributed by atoms with van der Waals surface area (Å²) in [5.41, 5.74) is 0. The first-order valence-electron chi connectivity index (χ1n) is 5.31. The van der Waals surface area contributed by atoms with E-state index < -0.39 is 0 Å². The van der Waals surface area contributed by atoms with Gasteiger partial charge in [-0.3, -0.25) is 9.69 Å². The minimum atomic E-state index is -0.349. The second-order valence-electron chi connectivity index (χ2n) is 3.61. The van der Waals surface area contributed by atoms with E-state index in [4.69, 9.17) is 4.74 Å². The molecule has 0 aromatic rings. The molecule has 0 aromatic carbocycles. The van der Waals surface area contributed by atoms with E-state index >= 15 is 0 Å². The maximum Gasteiger partial charge on any atom is 0.234 e. The molecule has 0 saturated carbocycles. The Bertz CT molecular complexity index is 215. The van der Waals surface area contributed by atoms with E-state index in [2.05, 4.69) is 5.32 Å². The molecule has 1 aliphatic heterocycles. The number of aldehydes is 1. The number of nitrogens with one attached hydrogen (secondary N) is 1. The van der Waals surface area contributed by atoms with E-state index in [0.717, 1.165) is 19.4 Å². The van der Waals surface area contributed by atoms with Gasteiger partial charge in [0, 0.05) is 13.1 Å². The van der Waals surface area contributed by atoms with Crippen LogP contribution >= 0.6 is 0 Å². The summed E-state index contributed by atoms with van der Waals surface area (Å²) in [6.07, 6.45) is 1.41. The summed E-state index contributed by atoms with van der Waals surface area (Å²) >= 11 is 0. The topological polar surface area (TPSA) is 58.6 Å². The first-order valence-corrected chi connectivity index (χ1v) is 5.31. The predicted octanol–water partition coefficient (Wildman–Crippen LogP) is -0.588. The fourth-order valence-electron chi connectivity index (χ4n) is 1.45. The Labute approximate surface area is 89.8 Å². The maximum absolute atomic E-state index is 11.5. The number of hydrogen-bond donors (Lipinski definition) is 1. The normalized spacial score (nSPS) is 19.5. The third-order valence-corrected chi connectivity index (χ3v) is 2.42. The predicted molar refractivity (Wildman–Crippen MR) is 55.5 cm³/mol. The van der Waals surface area contributed by atoms with Crippen molar-refractivity contribution in [1.82, 2.24) is 10.2 Å². The van der Waals surface area contributed by atoms with Gasteiger partial charge >= 0.3 is 0 Å². The van der Waals surface area contributed by atoms with Gasteiger partial charge in [-0.15, -0.1) is 0 Å². The minimum Gasteiger partial charge on any atom is -0.379 e. The van der Waals surface area contributed by atoms with E-state index in [9.17, 15) is 9.59 Å². The second kappa shape index (κ2) is 6.53. The molecule has 5 heteroatoms. The summed E-state index contributed by atoms with van der Waals surface area (Å²) in [5.74, 6) is -0.0872. The Morgan fingerprint density at radius 1 is 1.53 bits per heavy atom. The van der Waals surface area contributed by atoms with Crippen LogP contribution in [0, 0.1) is 0 Å². The van der Waals surface area contributed by atoms with Crippen molar-refractivity contribution >= 4 is 12.2 Å². The fraction of sp³-hybridized carbons (Fsp3) is 0.800. The molecule has 1 unspecified atom stereocenters. The third-order valence-electron chi connectivity index (χ3n) is 2.42. The quantitative estimate of drug-likeness (QED) is 0.622. The van der Waals surface area contributed by atoms with Crippen LogP contribution in [0.25, 0.3) is 0 Å². The van der Waals surface area contributed by atoms with Crippen LogP contribution in [0.15, 0.2) is 0 Å². The smallest absolute Gasteiger partial charge is 0.234 e. The molecule has 86 valence electrons. The van der Waals surface area contributed by atoms with Crippen molar-refractivity contribution in [3.8, 4) is 0 Å². The van der Waals surface area contributed by atoms with Crippen molar-refractivity contribution in [2.24, 2.45) is 0 Å². The summed E-state index contributed by atoms with van der Waals surface area (Å²) in [5, 5.41) is 2.67. The van der Waals surface area contributed by atoms with Crippen LogP contribution in [0.2, 0.25) is 0 Å². The van der Waals surface area contributed by atoms with Gasteiger partial charge in [-0.2, -0.15) is 0 Å². The SMILES string of the molecule is CCC(C=O)NC(=O)CN1CCOCC1. The number of carbonyl (C=O) groups is 2. The van der Waals surface area contributed by atoms with E-state index in [1.807, 2.05) is 11.8 Å². The molecule has 1 rings (SSSR count). The number of amides is 1. The molecular formula is C10H18N2O3. The highest BCUT2D eigenvalue weighted by Crippen LogP contribution is 1.96. The summed E-state index contributed by atoms with van der Waals surface area (Å²) < 4.78 is 5.18. The number of hydrogen-bond acceptors (Lipinski definition) is 4. The zero-order valence-corrected chi connectivity index (χ0v) is 9.07. The Hall–Kier alpha value is -0.940. The number of carbonyl (C=O) groups excluding carboxylic acids is 2. The Morgan fingerprint density at radius 2 is 2.20 bits per heavy atom. The van der Waals surface area contributed by atoms with Gasteiger partial charge in [-0.25, -0.2) is 0 Å². The Balaban J connectivity index is 2.24. The lowest BCUT2D eigenvalue weighted by Gasteiger charge is -2.26. The fourth-order valence-corrected chi connectivity index (χ4v) is 1.45. The summed E-state index contributed by atoms with van der Waals surface area (Å²) in [6.45, 7) is 5.15. The molecule has 1 heterocycles. The molecule has 15 heavy (non-hydrogen) atoms. The average Bonchev–Trinajstić information content (AvgIpc) is 2.27. The zero-order valence-electron chi connectivity index (χ0n) is 9.07. The zero-order chi connectivity index (χ0) is 11.1. The standard InChI is InChI=1S/C10H18N2O3/c1-2-9(8-13)11-10(14)7-12-3-5-15-6-4-12/h8-9H,2-7H2,1H3,(H,11,14). The Kier molecular flexibility index (Phi) is 5.28. The van der Waals surface area contributed by atoms with Crippen molar-refractivity contribution in [1.29, 1.82) is 0 Å². The molecule has 0 bridgehead atoms. The second-order valence-corrected chi connectivity index (χ2v) is 3.61.